The molecule has 1 saturated heterocycles. The number of likely N-dealkylation sites (tertiary alicyclic amines) is 1. The van der Waals surface area contributed by atoms with Crippen molar-refractivity contribution >= 4 is 35.0 Å². The van der Waals surface area contributed by atoms with E-state index in [1.165, 1.54) is 34.2 Å². The molecule has 28 heavy (non-hydrogen) atoms. The number of thioether (sulfide) groups is 1. The van der Waals surface area contributed by atoms with Crippen molar-refractivity contribution in [3.8, 4) is 0 Å². The Morgan fingerprint density at radius 1 is 1.32 bits per heavy atom. The van der Waals surface area contributed by atoms with Crippen molar-refractivity contribution in [2.75, 3.05) is 18.8 Å². The average Bonchev–Trinajstić information content (AvgIpc) is 3.40. The third-order valence-electron chi connectivity index (χ3n) is 5.45. The quantitative estimate of drug-likeness (QED) is 0.642. The van der Waals surface area contributed by atoms with E-state index in [-0.39, 0.29) is 17.6 Å². The van der Waals surface area contributed by atoms with Gasteiger partial charge in [-0.05, 0) is 30.4 Å². The van der Waals surface area contributed by atoms with E-state index in [9.17, 15) is 9.59 Å². The van der Waals surface area contributed by atoms with Gasteiger partial charge in [0, 0.05) is 42.7 Å². The lowest BCUT2D eigenvalue weighted by atomic mass is 10.1. The number of carbonyl (C=O) groups excluding carboxylic acids is 1. The van der Waals surface area contributed by atoms with Crippen LogP contribution in [0.4, 0.5) is 0 Å². The van der Waals surface area contributed by atoms with Crippen molar-refractivity contribution < 1.29 is 14.7 Å². The molecule has 1 fully saturated rings. The Balaban J connectivity index is 1.28. The molecule has 1 amide bonds. The number of amides is 1. The molecule has 2 heterocycles. The van der Waals surface area contributed by atoms with Crippen LogP contribution in [0.2, 0.25) is 0 Å². The SMILES string of the molecule is O=C(O)c1csc(SCCN2C(=O)CCC2CNC2CCc3ccccc32)n1. The molecule has 2 aromatic rings. The van der Waals surface area contributed by atoms with Crippen LogP contribution in [0.3, 0.4) is 0 Å². The Labute approximate surface area is 172 Å². The number of aromatic carboxylic acids is 1. The number of hydrogen-bond donors (Lipinski definition) is 2. The van der Waals surface area contributed by atoms with Gasteiger partial charge in [0.05, 0.1) is 0 Å². The monoisotopic (exact) mass is 417 g/mol. The molecule has 4 rings (SSSR count). The molecular formula is C20H23N3O3S2. The summed E-state index contributed by atoms with van der Waals surface area (Å²) in [6.07, 6.45) is 3.74. The number of carbonyl (C=O) groups is 2. The second-order valence-electron chi connectivity index (χ2n) is 7.13. The maximum Gasteiger partial charge on any atom is 0.355 e. The standard InChI is InChI=1S/C20H23N3O3S2/c24-18-8-6-14(11-21-16-7-5-13-3-1-2-4-15(13)16)23(18)9-10-27-20-22-17(12-28-20)19(25)26/h1-4,12,14,16,21H,5-11H2,(H,25,26). The fourth-order valence-corrected chi connectivity index (χ4v) is 5.82. The number of rotatable bonds is 8. The molecule has 0 bridgehead atoms. The smallest absolute Gasteiger partial charge is 0.355 e. The van der Waals surface area contributed by atoms with E-state index in [1.807, 2.05) is 4.90 Å². The van der Waals surface area contributed by atoms with E-state index in [1.54, 1.807) is 5.38 Å². The molecule has 1 aliphatic carbocycles. The number of thiazole rings is 1. The number of aromatic nitrogens is 1. The molecule has 1 aliphatic heterocycles. The van der Waals surface area contributed by atoms with Crippen LogP contribution in [-0.2, 0) is 11.2 Å². The van der Waals surface area contributed by atoms with Gasteiger partial charge in [-0.1, -0.05) is 36.0 Å². The molecule has 1 aromatic heterocycles. The van der Waals surface area contributed by atoms with Gasteiger partial charge >= 0.3 is 5.97 Å². The lowest BCUT2D eigenvalue weighted by Crippen LogP contribution is -2.41. The first kappa shape index (κ1) is 19.4. The van der Waals surface area contributed by atoms with Crippen LogP contribution in [-0.4, -0.2) is 51.8 Å². The minimum atomic E-state index is -1.00. The van der Waals surface area contributed by atoms with Crippen molar-refractivity contribution in [1.82, 2.24) is 15.2 Å². The highest BCUT2D eigenvalue weighted by Crippen LogP contribution is 2.31. The Bertz CT molecular complexity index is 870. The topological polar surface area (TPSA) is 82.5 Å². The predicted octanol–water partition coefficient (Wildman–Crippen LogP) is 3.20. The van der Waals surface area contributed by atoms with Gasteiger partial charge in [0.2, 0.25) is 5.91 Å². The summed E-state index contributed by atoms with van der Waals surface area (Å²) in [5, 5.41) is 14.2. The Kier molecular flexibility index (Phi) is 5.99. The van der Waals surface area contributed by atoms with E-state index >= 15 is 0 Å². The van der Waals surface area contributed by atoms with Crippen LogP contribution >= 0.6 is 23.1 Å². The Morgan fingerprint density at radius 2 is 2.18 bits per heavy atom. The van der Waals surface area contributed by atoms with E-state index < -0.39 is 5.97 Å². The number of aryl methyl sites for hydroxylation is 1. The molecule has 0 saturated carbocycles. The van der Waals surface area contributed by atoms with E-state index in [4.69, 9.17) is 5.11 Å². The second-order valence-corrected chi connectivity index (χ2v) is 9.33. The third-order valence-corrected chi connectivity index (χ3v) is 7.45. The highest BCUT2D eigenvalue weighted by molar-refractivity contribution is 8.01. The molecule has 0 spiro atoms. The highest BCUT2D eigenvalue weighted by Gasteiger charge is 2.31. The lowest BCUT2D eigenvalue weighted by molar-refractivity contribution is -0.128. The number of carboxylic acid groups (broad SMARTS) is 1. The van der Waals surface area contributed by atoms with Gasteiger partial charge in [0.15, 0.2) is 10.0 Å². The van der Waals surface area contributed by atoms with E-state index in [0.717, 1.165) is 35.9 Å². The van der Waals surface area contributed by atoms with Crippen LogP contribution in [0.25, 0.3) is 0 Å². The first-order valence-corrected chi connectivity index (χ1v) is 11.4. The molecular weight excluding hydrogens is 394 g/mol. The zero-order valence-electron chi connectivity index (χ0n) is 15.5. The summed E-state index contributed by atoms with van der Waals surface area (Å²) >= 11 is 2.85. The zero-order valence-corrected chi connectivity index (χ0v) is 17.1. The fourth-order valence-electron chi connectivity index (χ4n) is 4.01. The third kappa shape index (κ3) is 4.24. The molecule has 2 unspecified atom stereocenters. The van der Waals surface area contributed by atoms with Gasteiger partial charge in [-0.3, -0.25) is 4.79 Å². The minimum Gasteiger partial charge on any atom is -0.476 e. The van der Waals surface area contributed by atoms with Gasteiger partial charge in [0.25, 0.3) is 0 Å². The largest absolute Gasteiger partial charge is 0.476 e. The van der Waals surface area contributed by atoms with Crippen molar-refractivity contribution in [3.63, 3.8) is 0 Å². The first-order chi connectivity index (χ1) is 13.6. The summed E-state index contributed by atoms with van der Waals surface area (Å²) in [5.41, 5.74) is 2.91. The Hall–Kier alpha value is -1.90. The van der Waals surface area contributed by atoms with Crippen molar-refractivity contribution in [3.05, 3.63) is 46.5 Å². The van der Waals surface area contributed by atoms with Gasteiger partial charge in [-0.15, -0.1) is 11.3 Å². The number of nitrogens with one attached hydrogen (secondary N) is 1. The fraction of sp³-hybridized carbons (Fsp3) is 0.450. The molecule has 0 radical (unpaired) electrons. The maximum absolute atomic E-state index is 12.3. The zero-order chi connectivity index (χ0) is 19.5. The van der Waals surface area contributed by atoms with Crippen molar-refractivity contribution in [2.45, 2.75) is 42.1 Å². The van der Waals surface area contributed by atoms with Gasteiger partial charge in [0.1, 0.15) is 0 Å². The summed E-state index contributed by atoms with van der Waals surface area (Å²) < 4.78 is 0.737. The number of benzene rings is 1. The molecule has 2 atom stereocenters. The summed E-state index contributed by atoms with van der Waals surface area (Å²) in [6, 6.07) is 9.20. The second kappa shape index (κ2) is 8.63. The molecule has 8 heteroatoms. The number of fused-ring (bicyclic) bond motifs is 1. The van der Waals surface area contributed by atoms with Crippen LogP contribution in [0.15, 0.2) is 34.0 Å². The van der Waals surface area contributed by atoms with E-state index in [0.29, 0.717) is 19.0 Å². The summed E-state index contributed by atoms with van der Waals surface area (Å²) in [6.45, 7) is 1.48. The summed E-state index contributed by atoms with van der Waals surface area (Å²) in [5.74, 6) is -0.0665. The van der Waals surface area contributed by atoms with Crippen LogP contribution < -0.4 is 5.32 Å². The molecule has 6 nitrogen and oxygen atoms in total. The summed E-state index contributed by atoms with van der Waals surface area (Å²) in [4.78, 5) is 29.3. The average molecular weight is 418 g/mol. The highest BCUT2D eigenvalue weighted by atomic mass is 32.2. The molecule has 1 aromatic carbocycles. The van der Waals surface area contributed by atoms with Crippen LogP contribution in [0.1, 0.15) is 46.9 Å². The normalized spacial score (nSPS) is 21.3. The van der Waals surface area contributed by atoms with Crippen LogP contribution in [0, 0.1) is 0 Å². The minimum absolute atomic E-state index is 0.0867. The summed E-state index contributed by atoms with van der Waals surface area (Å²) in [7, 11) is 0. The number of nitrogens with zero attached hydrogens (tertiary/aromatic N) is 2. The molecule has 2 N–H and O–H groups in total. The van der Waals surface area contributed by atoms with Gasteiger partial charge in [-0.25, -0.2) is 9.78 Å². The van der Waals surface area contributed by atoms with Crippen molar-refractivity contribution in [2.24, 2.45) is 0 Å². The molecule has 2 aliphatic rings. The lowest BCUT2D eigenvalue weighted by Gasteiger charge is -2.26. The van der Waals surface area contributed by atoms with Crippen molar-refractivity contribution in [1.29, 1.82) is 0 Å². The Morgan fingerprint density at radius 3 is 3.00 bits per heavy atom. The number of hydrogen-bond acceptors (Lipinski definition) is 6. The predicted molar refractivity (Wildman–Crippen MR) is 110 cm³/mol. The first-order valence-electron chi connectivity index (χ1n) is 9.54. The van der Waals surface area contributed by atoms with Gasteiger partial charge in [-0.2, -0.15) is 0 Å². The van der Waals surface area contributed by atoms with Crippen LogP contribution in [0.5, 0.6) is 0 Å². The van der Waals surface area contributed by atoms with E-state index in [2.05, 4.69) is 34.6 Å². The number of carboxylic acids is 1. The molecule has 148 valence electrons. The van der Waals surface area contributed by atoms with Gasteiger partial charge < -0.3 is 15.3 Å². The maximum atomic E-state index is 12.3.